The molecule has 0 aliphatic carbocycles. The zero-order valence-electron chi connectivity index (χ0n) is 13.6. The molecule has 0 fully saturated rings. The summed E-state index contributed by atoms with van der Waals surface area (Å²) in [7, 11) is -3.69. The molecule has 0 aliphatic rings. The predicted molar refractivity (Wildman–Crippen MR) is 95.3 cm³/mol. The smallest absolute Gasteiger partial charge is 0.264 e. The molecule has 0 spiro atoms. The zero-order chi connectivity index (χ0) is 18.7. The van der Waals surface area contributed by atoms with Crippen LogP contribution in [0.5, 0.6) is 11.6 Å². The third-order valence-corrected chi connectivity index (χ3v) is 4.02. The maximum Gasteiger partial charge on any atom is 0.264 e. The van der Waals surface area contributed by atoms with Crippen LogP contribution in [0.2, 0.25) is 0 Å². The maximum absolute atomic E-state index is 11.9. The number of carbonyl (C=O) groups excluding carboxylic acids is 1. The lowest BCUT2D eigenvalue weighted by atomic mass is 10.1. The molecule has 26 heavy (non-hydrogen) atoms. The van der Waals surface area contributed by atoms with Crippen molar-refractivity contribution >= 4 is 26.7 Å². The number of sulfonamides is 1. The van der Waals surface area contributed by atoms with E-state index in [9.17, 15) is 18.5 Å². The van der Waals surface area contributed by atoms with E-state index in [1.54, 1.807) is 12.3 Å². The Kier molecular flexibility index (Phi) is 4.56. The second kappa shape index (κ2) is 6.82. The van der Waals surface area contributed by atoms with Gasteiger partial charge >= 0.3 is 0 Å². The summed E-state index contributed by atoms with van der Waals surface area (Å²) in [5.41, 5.74) is 0.118. The number of hydrogen-bond donors (Lipinski definition) is 1. The van der Waals surface area contributed by atoms with Gasteiger partial charge in [-0.3, -0.25) is 4.79 Å². The molecular weight excluding hydrogens is 354 g/mol. The van der Waals surface area contributed by atoms with Crippen molar-refractivity contribution in [3.05, 3.63) is 65.9 Å². The molecule has 0 saturated carbocycles. The van der Waals surface area contributed by atoms with Crippen LogP contribution in [0.25, 0.3) is 10.8 Å². The van der Waals surface area contributed by atoms with Crippen molar-refractivity contribution in [1.82, 2.24) is 9.71 Å². The summed E-state index contributed by atoms with van der Waals surface area (Å²) in [6, 6.07) is 15.3. The van der Waals surface area contributed by atoms with E-state index >= 15 is 0 Å². The Morgan fingerprint density at radius 2 is 1.88 bits per heavy atom. The number of hydrogen-bond acceptors (Lipinski definition) is 6. The quantitative estimate of drug-likeness (QED) is 0.759. The molecule has 2 aromatic carbocycles. The molecule has 0 unspecified atom stereocenters. The van der Waals surface area contributed by atoms with Crippen LogP contribution in [0.3, 0.4) is 0 Å². The number of nitrogens with one attached hydrogen (secondary N) is 1. The molecule has 7 nitrogen and oxygen atoms in total. The van der Waals surface area contributed by atoms with Crippen molar-refractivity contribution in [1.29, 1.82) is 5.26 Å². The van der Waals surface area contributed by atoms with Crippen molar-refractivity contribution in [2.75, 3.05) is 6.26 Å². The van der Waals surface area contributed by atoms with E-state index in [1.807, 2.05) is 35.1 Å². The van der Waals surface area contributed by atoms with E-state index in [0.29, 0.717) is 5.88 Å². The van der Waals surface area contributed by atoms with Crippen LogP contribution in [0.15, 0.2) is 54.7 Å². The highest BCUT2D eigenvalue weighted by Crippen LogP contribution is 2.26. The standard InChI is InChI=1S/C18H13N3O4S/c1-26(23,24)21-18(22)13-6-7-16(15(8-13)10-19)25-17-9-12-4-2-3-5-14(12)11-20-17/h2-9,11H,1H3,(H,21,22). The highest BCUT2D eigenvalue weighted by atomic mass is 32.2. The number of aromatic nitrogens is 1. The highest BCUT2D eigenvalue weighted by Gasteiger charge is 2.14. The Bertz CT molecular complexity index is 1150. The SMILES string of the molecule is CS(=O)(=O)NC(=O)c1ccc(Oc2cc3ccccc3cn2)c(C#N)c1. The van der Waals surface area contributed by atoms with Gasteiger partial charge in [-0.25, -0.2) is 18.1 Å². The van der Waals surface area contributed by atoms with Gasteiger partial charge in [-0.15, -0.1) is 0 Å². The van der Waals surface area contributed by atoms with Gasteiger partial charge in [0, 0.05) is 23.2 Å². The van der Waals surface area contributed by atoms with E-state index in [0.717, 1.165) is 17.0 Å². The van der Waals surface area contributed by atoms with E-state index < -0.39 is 15.9 Å². The van der Waals surface area contributed by atoms with E-state index in [2.05, 4.69) is 4.98 Å². The van der Waals surface area contributed by atoms with E-state index in [-0.39, 0.29) is 16.9 Å². The molecular formula is C18H13N3O4S. The zero-order valence-corrected chi connectivity index (χ0v) is 14.4. The molecule has 0 saturated heterocycles. The molecule has 0 bridgehead atoms. The van der Waals surface area contributed by atoms with Gasteiger partial charge in [-0.1, -0.05) is 24.3 Å². The summed E-state index contributed by atoms with van der Waals surface area (Å²) in [6.07, 6.45) is 2.53. The van der Waals surface area contributed by atoms with Crippen molar-refractivity contribution in [3.63, 3.8) is 0 Å². The first-order chi connectivity index (χ1) is 12.4. The summed E-state index contributed by atoms with van der Waals surface area (Å²) in [4.78, 5) is 16.1. The lowest BCUT2D eigenvalue weighted by Crippen LogP contribution is -2.29. The molecule has 1 aromatic heterocycles. The fraction of sp³-hybridized carbons (Fsp3) is 0.0556. The summed E-state index contributed by atoms with van der Waals surface area (Å²) >= 11 is 0. The van der Waals surface area contributed by atoms with Gasteiger partial charge in [0.2, 0.25) is 15.9 Å². The number of nitrogens with zero attached hydrogens (tertiary/aromatic N) is 2. The number of pyridine rings is 1. The molecule has 130 valence electrons. The third-order valence-electron chi connectivity index (χ3n) is 3.46. The number of carbonyl (C=O) groups is 1. The number of benzene rings is 2. The summed E-state index contributed by atoms with van der Waals surface area (Å²) in [6.45, 7) is 0. The fourth-order valence-electron chi connectivity index (χ4n) is 2.31. The fourth-order valence-corrected chi connectivity index (χ4v) is 2.76. The second-order valence-corrected chi connectivity index (χ2v) is 7.25. The summed E-state index contributed by atoms with van der Waals surface area (Å²) < 4.78 is 29.8. The van der Waals surface area contributed by atoms with Gasteiger partial charge in [-0.2, -0.15) is 5.26 Å². The molecule has 0 atom stereocenters. The summed E-state index contributed by atoms with van der Waals surface area (Å²) in [5.74, 6) is -0.306. The van der Waals surface area contributed by atoms with Crippen LogP contribution in [-0.4, -0.2) is 25.6 Å². The van der Waals surface area contributed by atoms with Crippen molar-refractivity contribution in [2.45, 2.75) is 0 Å². The van der Waals surface area contributed by atoms with E-state index in [4.69, 9.17) is 4.74 Å². The molecule has 3 aromatic rings. The Morgan fingerprint density at radius 1 is 1.15 bits per heavy atom. The second-order valence-electron chi connectivity index (χ2n) is 5.50. The largest absolute Gasteiger partial charge is 0.438 e. The number of ether oxygens (including phenoxy) is 1. The lowest BCUT2D eigenvalue weighted by molar-refractivity contribution is 0.0981. The molecule has 1 heterocycles. The number of rotatable bonds is 4. The van der Waals surface area contributed by atoms with Gasteiger partial charge in [0.15, 0.2) is 0 Å². The molecule has 8 heteroatoms. The first-order valence-corrected chi connectivity index (χ1v) is 9.34. The van der Waals surface area contributed by atoms with Gasteiger partial charge in [-0.05, 0) is 23.6 Å². The Balaban J connectivity index is 1.90. The maximum atomic E-state index is 11.9. The minimum absolute atomic E-state index is 0.0331. The highest BCUT2D eigenvalue weighted by molar-refractivity contribution is 7.89. The minimum atomic E-state index is -3.69. The van der Waals surface area contributed by atoms with Gasteiger partial charge in [0.25, 0.3) is 5.91 Å². The van der Waals surface area contributed by atoms with Crippen LogP contribution in [0.1, 0.15) is 15.9 Å². The minimum Gasteiger partial charge on any atom is -0.438 e. The van der Waals surface area contributed by atoms with Gasteiger partial charge in [0.1, 0.15) is 11.8 Å². The molecule has 1 N–H and O–H groups in total. The summed E-state index contributed by atoms with van der Waals surface area (Å²) in [5, 5.41) is 11.2. The Morgan fingerprint density at radius 3 is 2.58 bits per heavy atom. The first kappa shape index (κ1) is 17.4. The number of nitriles is 1. The molecule has 0 aliphatic heterocycles. The van der Waals surface area contributed by atoms with E-state index in [1.165, 1.54) is 18.2 Å². The van der Waals surface area contributed by atoms with Gasteiger partial charge in [0.05, 0.1) is 11.8 Å². The van der Waals surface area contributed by atoms with Gasteiger partial charge < -0.3 is 4.74 Å². The molecule has 0 radical (unpaired) electrons. The normalized spacial score (nSPS) is 10.9. The van der Waals surface area contributed by atoms with Crippen LogP contribution in [0.4, 0.5) is 0 Å². The van der Waals surface area contributed by atoms with Crippen molar-refractivity contribution < 1.29 is 17.9 Å². The Labute approximate surface area is 149 Å². The van der Waals surface area contributed by atoms with Crippen molar-refractivity contribution in [2.24, 2.45) is 0 Å². The first-order valence-electron chi connectivity index (χ1n) is 7.44. The third kappa shape index (κ3) is 3.96. The van der Waals surface area contributed by atoms with Crippen LogP contribution >= 0.6 is 0 Å². The monoisotopic (exact) mass is 367 g/mol. The average molecular weight is 367 g/mol. The number of fused-ring (bicyclic) bond motifs is 1. The number of amides is 1. The Hall–Kier alpha value is -3.44. The average Bonchev–Trinajstić information content (AvgIpc) is 2.60. The van der Waals surface area contributed by atoms with Crippen LogP contribution < -0.4 is 9.46 Å². The molecule has 3 rings (SSSR count). The van der Waals surface area contributed by atoms with Crippen LogP contribution in [0, 0.1) is 11.3 Å². The van der Waals surface area contributed by atoms with Crippen LogP contribution in [-0.2, 0) is 10.0 Å². The predicted octanol–water partition coefficient (Wildman–Crippen LogP) is 2.59. The van der Waals surface area contributed by atoms with Crippen molar-refractivity contribution in [3.8, 4) is 17.7 Å². The topological polar surface area (TPSA) is 109 Å². The molecule has 1 amide bonds. The lowest BCUT2D eigenvalue weighted by Gasteiger charge is -2.09.